The number of nitrogens with zero attached hydrogens (tertiary/aromatic N) is 5. The van der Waals surface area contributed by atoms with Crippen LogP contribution < -0.4 is 0 Å². The Hall–Kier alpha value is -3.14. The Morgan fingerprint density at radius 1 is 0.650 bits per heavy atom. The average molecular weight is 568 g/mol. The van der Waals surface area contributed by atoms with Crippen molar-refractivity contribution in [2.75, 3.05) is 91.6 Å². The average Bonchev–Trinajstić information content (AvgIpc) is 2.85. The molecule has 0 amide bonds. The van der Waals surface area contributed by atoms with Crippen molar-refractivity contribution >= 4 is 23.9 Å². The van der Waals surface area contributed by atoms with Gasteiger partial charge in [-0.1, -0.05) is 30.3 Å². The molecule has 0 radical (unpaired) electrons. The minimum Gasteiger partial charge on any atom is -0.480 e. The highest BCUT2D eigenvalue weighted by Crippen LogP contribution is 2.07. The summed E-state index contributed by atoms with van der Waals surface area (Å²) in [5.41, 5.74) is 0.910. The molecule has 1 saturated heterocycles. The van der Waals surface area contributed by atoms with Crippen LogP contribution in [0.5, 0.6) is 0 Å². The number of rotatable bonds is 14. The number of β-amino-alcohol motifs (C(OH)–C–C–N with tert-alkyl or cyclic N) is 1. The number of benzene rings is 1. The molecule has 1 fully saturated rings. The second kappa shape index (κ2) is 17.5. The highest BCUT2D eigenvalue weighted by Gasteiger charge is 2.22. The molecular formula is C26H41N5O9. The van der Waals surface area contributed by atoms with E-state index in [4.69, 9.17) is 0 Å². The Morgan fingerprint density at radius 3 is 1.43 bits per heavy atom. The Morgan fingerprint density at radius 2 is 1.05 bits per heavy atom. The van der Waals surface area contributed by atoms with Crippen molar-refractivity contribution in [2.24, 2.45) is 0 Å². The molecule has 1 aliphatic heterocycles. The van der Waals surface area contributed by atoms with Gasteiger partial charge in [0.25, 0.3) is 0 Å². The van der Waals surface area contributed by atoms with E-state index in [1.807, 2.05) is 35.2 Å². The molecule has 0 spiro atoms. The first-order chi connectivity index (χ1) is 19.0. The van der Waals surface area contributed by atoms with Crippen molar-refractivity contribution in [3.05, 3.63) is 35.9 Å². The van der Waals surface area contributed by atoms with Crippen LogP contribution in [0.15, 0.2) is 30.3 Å². The van der Waals surface area contributed by atoms with Gasteiger partial charge < -0.3 is 25.5 Å². The monoisotopic (exact) mass is 567 g/mol. The first-order valence-corrected chi connectivity index (χ1v) is 13.2. The summed E-state index contributed by atoms with van der Waals surface area (Å²) < 4.78 is 0. The molecular weight excluding hydrogens is 526 g/mol. The lowest BCUT2D eigenvalue weighted by Gasteiger charge is -2.34. The molecule has 0 aromatic heterocycles. The third-order valence-corrected chi connectivity index (χ3v) is 6.55. The van der Waals surface area contributed by atoms with Crippen molar-refractivity contribution < 1.29 is 44.7 Å². The molecule has 5 N–H and O–H groups in total. The van der Waals surface area contributed by atoms with E-state index in [-0.39, 0.29) is 39.3 Å². The zero-order chi connectivity index (χ0) is 29.5. The summed E-state index contributed by atoms with van der Waals surface area (Å²) >= 11 is 0. The van der Waals surface area contributed by atoms with Crippen LogP contribution in [0.25, 0.3) is 0 Å². The van der Waals surface area contributed by atoms with E-state index in [0.29, 0.717) is 58.9 Å². The summed E-state index contributed by atoms with van der Waals surface area (Å²) in [6.07, 6.45) is -0.914. The molecule has 1 heterocycles. The topological polar surface area (TPSA) is 186 Å². The van der Waals surface area contributed by atoms with Gasteiger partial charge in [0.05, 0.1) is 32.3 Å². The molecule has 14 nitrogen and oxygen atoms in total. The lowest BCUT2D eigenvalue weighted by molar-refractivity contribution is -0.140. The summed E-state index contributed by atoms with van der Waals surface area (Å²) in [6.45, 7) is 2.29. The van der Waals surface area contributed by atoms with Gasteiger partial charge in [0.2, 0.25) is 0 Å². The Labute approximate surface area is 233 Å². The maximum Gasteiger partial charge on any atom is 0.317 e. The molecule has 224 valence electrons. The van der Waals surface area contributed by atoms with Gasteiger partial charge in [0, 0.05) is 72.0 Å². The molecule has 0 aliphatic carbocycles. The summed E-state index contributed by atoms with van der Waals surface area (Å²) in [6, 6.07) is 9.33. The molecule has 1 aromatic rings. The normalized spacial score (nSPS) is 18.1. The maximum atomic E-state index is 11.4. The fourth-order valence-corrected chi connectivity index (χ4v) is 4.68. The molecule has 2 rings (SSSR count). The number of carboxylic acids is 4. The maximum absolute atomic E-state index is 11.4. The fraction of sp³-hybridized carbons (Fsp3) is 0.615. The smallest absolute Gasteiger partial charge is 0.317 e. The number of aliphatic hydroxyl groups excluding tert-OH is 1. The zero-order valence-corrected chi connectivity index (χ0v) is 22.7. The van der Waals surface area contributed by atoms with Gasteiger partial charge in [-0.25, -0.2) is 0 Å². The van der Waals surface area contributed by atoms with Crippen LogP contribution >= 0.6 is 0 Å². The van der Waals surface area contributed by atoms with Crippen molar-refractivity contribution in [1.29, 1.82) is 0 Å². The van der Waals surface area contributed by atoms with Gasteiger partial charge in [-0.3, -0.25) is 43.7 Å². The molecule has 40 heavy (non-hydrogen) atoms. The highest BCUT2D eigenvalue weighted by atomic mass is 16.4. The molecule has 1 aromatic carbocycles. The van der Waals surface area contributed by atoms with Gasteiger partial charge in [-0.15, -0.1) is 0 Å². The van der Waals surface area contributed by atoms with E-state index in [1.165, 1.54) is 0 Å². The van der Waals surface area contributed by atoms with Crippen LogP contribution in [0.4, 0.5) is 0 Å². The summed E-state index contributed by atoms with van der Waals surface area (Å²) in [5.74, 6) is -4.06. The van der Waals surface area contributed by atoms with Crippen molar-refractivity contribution in [3.8, 4) is 0 Å². The van der Waals surface area contributed by atoms with Crippen LogP contribution in [0.3, 0.4) is 0 Å². The van der Waals surface area contributed by atoms with E-state index < -0.39 is 30.0 Å². The van der Waals surface area contributed by atoms with Crippen LogP contribution in [0.2, 0.25) is 0 Å². The van der Waals surface area contributed by atoms with Crippen molar-refractivity contribution in [1.82, 2.24) is 24.5 Å². The Kier molecular flexibility index (Phi) is 14.5. The predicted octanol–water partition coefficient (Wildman–Crippen LogP) is -1.59. The number of hydrogen-bond acceptors (Lipinski definition) is 10. The molecule has 1 atom stereocenters. The lowest BCUT2D eigenvalue weighted by atomic mass is 10.2. The summed E-state index contributed by atoms with van der Waals surface area (Å²) in [4.78, 5) is 54.3. The number of hydrogen-bond donors (Lipinski definition) is 5. The van der Waals surface area contributed by atoms with E-state index >= 15 is 0 Å². The third kappa shape index (κ3) is 14.3. The Bertz CT molecular complexity index is 920. The molecule has 14 heteroatoms. The van der Waals surface area contributed by atoms with Crippen molar-refractivity contribution in [2.45, 2.75) is 12.6 Å². The number of aliphatic hydroxyl groups is 1. The highest BCUT2D eigenvalue weighted by molar-refractivity contribution is 5.70. The van der Waals surface area contributed by atoms with E-state index in [1.54, 1.807) is 19.6 Å². The number of aliphatic carboxylic acids is 4. The first-order valence-electron chi connectivity index (χ1n) is 13.2. The van der Waals surface area contributed by atoms with E-state index in [9.17, 15) is 44.7 Å². The minimum absolute atomic E-state index is 0.0967. The van der Waals surface area contributed by atoms with Crippen molar-refractivity contribution in [3.63, 3.8) is 0 Å². The van der Waals surface area contributed by atoms with E-state index in [2.05, 4.69) is 0 Å². The number of carbonyl (C=O) groups is 4. The van der Waals surface area contributed by atoms with Crippen LogP contribution in [0, 0.1) is 0 Å². The van der Waals surface area contributed by atoms with Crippen LogP contribution in [0.1, 0.15) is 5.56 Å². The van der Waals surface area contributed by atoms with Crippen LogP contribution in [-0.4, -0.2) is 172 Å². The van der Waals surface area contributed by atoms with Gasteiger partial charge in [-0.05, 0) is 5.56 Å². The quantitative estimate of drug-likeness (QED) is 0.173. The fourth-order valence-electron chi connectivity index (χ4n) is 4.68. The molecule has 0 bridgehead atoms. The van der Waals surface area contributed by atoms with Gasteiger partial charge in [0.1, 0.15) is 0 Å². The SMILES string of the molecule is O=C(O)CN1CCN(CC(=O)O)CCN(CC(O)CN(CC(=O)O)Cc2ccccc2)CCN(CC(=O)O)CC1. The second-order valence-electron chi connectivity index (χ2n) is 10.0. The standard InChI is InChI=1S/C26H41N5O9/c32-22(16-31(20-26(39)40)14-21-4-2-1-3-5-21)15-27-6-8-28(17-23(33)34)10-12-30(19-25(37)38)13-11-29(9-7-27)18-24(35)36/h1-5,22,32H,6-20H2,(H,33,34)(H,35,36)(H,37,38)(H,39,40). The summed E-state index contributed by atoms with van der Waals surface area (Å²) in [7, 11) is 0. The molecule has 1 aliphatic rings. The molecule has 1 unspecified atom stereocenters. The summed E-state index contributed by atoms with van der Waals surface area (Å²) in [5, 5.41) is 48.3. The molecule has 0 saturated carbocycles. The van der Waals surface area contributed by atoms with Crippen LogP contribution in [-0.2, 0) is 25.7 Å². The zero-order valence-electron chi connectivity index (χ0n) is 22.7. The second-order valence-corrected chi connectivity index (χ2v) is 10.0. The third-order valence-electron chi connectivity index (χ3n) is 6.55. The predicted molar refractivity (Wildman–Crippen MR) is 144 cm³/mol. The van der Waals surface area contributed by atoms with Gasteiger partial charge >= 0.3 is 23.9 Å². The van der Waals surface area contributed by atoms with Gasteiger partial charge in [-0.2, -0.15) is 0 Å². The Balaban J connectivity index is 2.13. The first kappa shape index (κ1) is 33.1. The minimum atomic E-state index is -1.02. The largest absolute Gasteiger partial charge is 0.480 e. The number of carboxylic acid groups (broad SMARTS) is 4. The van der Waals surface area contributed by atoms with Gasteiger partial charge in [0.15, 0.2) is 0 Å². The van der Waals surface area contributed by atoms with E-state index in [0.717, 1.165) is 5.56 Å². The lowest BCUT2D eigenvalue weighted by Crippen LogP contribution is -2.50.